The van der Waals surface area contributed by atoms with Crippen molar-refractivity contribution in [1.82, 2.24) is 15.5 Å². The lowest BCUT2D eigenvalue weighted by atomic mass is 9.79. The number of amides is 3. The summed E-state index contributed by atoms with van der Waals surface area (Å²) in [5, 5.41) is 9.23. The van der Waals surface area contributed by atoms with Crippen molar-refractivity contribution in [3.05, 3.63) is 66.3 Å². The van der Waals surface area contributed by atoms with E-state index >= 15 is 0 Å². The van der Waals surface area contributed by atoms with Gasteiger partial charge in [0.05, 0.1) is 5.54 Å². The van der Waals surface area contributed by atoms with Crippen molar-refractivity contribution >= 4 is 35.5 Å². The monoisotopic (exact) mass is 1180 g/mol. The van der Waals surface area contributed by atoms with Crippen molar-refractivity contribution in [2.24, 2.45) is 0 Å². The van der Waals surface area contributed by atoms with Gasteiger partial charge in [0.15, 0.2) is 0 Å². The van der Waals surface area contributed by atoms with E-state index in [9.17, 15) is 24.0 Å². The molecule has 0 unspecified atom stereocenters. The van der Waals surface area contributed by atoms with Crippen molar-refractivity contribution < 1.29 is 38.2 Å². The third-order valence-corrected chi connectivity index (χ3v) is 17.3. The number of urea groups is 1. The zero-order valence-corrected chi connectivity index (χ0v) is 54.5. The molecule has 3 amide bonds. The molecule has 0 saturated carbocycles. The van der Waals surface area contributed by atoms with Gasteiger partial charge in [-0.25, -0.2) is 4.79 Å². The number of carbonyl (C=O) groups is 5. The number of likely N-dealkylation sites (tertiary alicyclic amines) is 1. The van der Waals surface area contributed by atoms with Gasteiger partial charge in [-0.15, -0.1) is 0 Å². The van der Waals surface area contributed by atoms with E-state index in [-0.39, 0.29) is 57.4 Å². The molecule has 1 aromatic carbocycles. The number of unbranched alkanes of at least 4 members (excludes halogenated alkanes) is 33. The van der Waals surface area contributed by atoms with Gasteiger partial charge in [-0.3, -0.25) is 19.2 Å². The Morgan fingerprint density at radius 1 is 0.471 bits per heavy atom. The van der Waals surface area contributed by atoms with Gasteiger partial charge >= 0.3 is 23.9 Å². The fourth-order valence-corrected chi connectivity index (χ4v) is 11.7. The molecule has 2 aliphatic heterocycles. The lowest BCUT2D eigenvalue weighted by Gasteiger charge is -2.45. The van der Waals surface area contributed by atoms with Crippen LogP contribution < -0.4 is 16.0 Å². The van der Waals surface area contributed by atoms with Crippen LogP contribution in [-0.4, -0.2) is 79.7 Å². The summed E-state index contributed by atoms with van der Waals surface area (Å²) in [7, 11) is 0. The molecule has 0 atom stereocenters. The highest BCUT2D eigenvalue weighted by atomic mass is 16.6. The maximum absolute atomic E-state index is 14.2. The summed E-state index contributed by atoms with van der Waals surface area (Å²) in [5.41, 5.74) is -0.0729. The topological polar surface area (TPSA) is 152 Å². The number of allylic oxidation sites excluding steroid dienone is 6. The number of anilines is 1. The number of hydrogen-bond acceptors (Lipinski definition) is 9. The smallest absolute Gasteiger partial charge is 0.319 e. The number of rotatable bonds is 55. The third-order valence-electron chi connectivity index (χ3n) is 17.3. The van der Waals surface area contributed by atoms with Crippen LogP contribution in [-0.2, 0) is 38.9 Å². The van der Waals surface area contributed by atoms with Crippen LogP contribution in [0.5, 0.6) is 0 Å². The molecule has 3 rings (SSSR count). The maximum atomic E-state index is 14.2. The highest BCUT2D eigenvalue weighted by Gasteiger charge is 2.42. The zero-order chi connectivity index (χ0) is 61.0. The van der Waals surface area contributed by atoms with Crippen molar-refractivity contribution in [2.45, 2.75) is 321 Å². The molecule has 2 heterocycles. The fraction of sp³-hybridized carbons (Fsp3) is 0.767. The Balaban J connectivity index is 1.59. The summed E-state index contributed by atoms with van der Waals surface area (Å²) in [6.07, 6.45) is 61.2. The van der Waals surface area contributed by atoms with Crippen LogP contribution in [0.4, 0.5) is 10.5 Å². The predicted octanol–water partition coefficient (Wildman–Crippen LogP) is 19.1. The molecule has 12 nitrogen and oxygen atoms in total. The number of ether oxygens (including phenoxy) is 3. The minimum absolute atomic E-state index is 0.119. The zero-order valence-electron chi connectivity index (χ0n) is 54.5. The lowest BCUT2D eigenvalue weighted by Crippen LogP contribution is -2.60. The van der Waals surface area contributed by atoms with Crippen molar-refractivity contribution in [3.8, 4) is 0 Å². The van der Waals surface area contributed by atoms with Gasteiger partial charge in [0.25, 0.3) is 0 Å². The second-order valence-electron chi connectivity index (χ2n) is 25.1. The Labute approximate surface area is 518 Å². The number of benzene rings is 1. The number of esters is 3. The molecule has 484 valence electrons. The maximum Gasteiger partial charge on any atom is 0.319 e. The van der Waals surface area contributed by atoms with Crippen molar-refractivity contribution in [1.29, 1.82) is 0 Å². The first-order valence-electron chi connectivity index (χ1n) is 35.3. The molecule has 85 heavy (non-hydrogen) atoms. The van der Waals surface area contributed by atoms with Gasteiger partial charge in [0.2, 0.25) is 5.91 Å². The Morgan fingerprint density at radius 3 is 1.16 bits per heavy atom. The van der Waals surface area contributed by atoms with Crippen molar-refractivity contribution in [2.75, 3.05) is 44.8 Å². The fourth-order valence-electron chi connectivity index (χ4n) is 11.7. The SMILES string of the molecule is CCCCCCCC/C=C\CCCCCCCC(=O)OCC(COC(=O)CCCCCCC/C=C\CCCCCCCC)(COC(=O)CCCCCCC/C=C\CCCCCCCC)NC(=O)CCN1CCC2(CC1)NC(=O)Nc1ccccc12. The highest BCUT2D eigenvalue weighted by molar-refractivity contribution is 5.93. The van der Waals surface area contributed by atoms with Crippen LogP contribution >= 0.6 is 0 Å². The first kappa shape index (κ1) is 74.8. The number of carbonyl (C=O) groups excluding carboxylic acids is 5. The molecule has 1 saturated heterocycles. The van der Waals surface area contributed by atoms with Crippen molar-refractivity contribution in [3.63, 3.8) is 0 Å². The summed E-state index contributed by atoms with van der Waals surface area (Å²) in [5.74, 6) is -1.52. The van der Waals surface area contributed by atoms with Gasteiger partial charge < -0.3 is 35.1 Å². The van der Waals surface area contributed by atoms with Gasteiger partial charge in [-0.2, -0.15) is 0 Å². The molecular formula is C73H124N4O8. The normalized spacial score (nSPS) is 14.3. The largest absolute Gasteiger partial charge is 0.463 e. The first-order chi connectivity index (χ1) is 41.6. The number of nitrogens with one attached hydrogen (secondary N) is 3. The second-order valence-corrected chi connectivity index (χ2v) is 25.1. The summed E-state index contributed by atoms with van der Waals surface area (Å²) >= 11 is 0. The summed E-state index contributed by atoms with van der Waals surface area (Å²) in [6.45, 7) is 7.65. The lowest BCUT2D eigenvalue weighted by molar-refractivity contribution is -0.159. The standard InChI is InChI=1S/C73H124N4O8/c1-4-7-10-13-16-19-22-25-28-31-34-37-40-43-46-53-68(79)83-62-72(63-84-69(80)54-47-44-41-38-35-32-29-26-23-20-17-14-11-8-5-2,64-85-70(81)55-48-45-42-39-36-33-30-27-24-21-18-15-12-9-6-3)75-67(78)56-59-77-60-57-73(58-61-77)65-51-49-50-52-66(65)74-71(82)76-73/h25-30,49-52H,4-24,31-48,53-64H2,1-3H3,(H,75,78)(H2,74,76,82)/b28-25-,29-26-,30-27-. The molecule has 1 fully saturated rings. The van der Waals surface area contributed by atoms with Crippen LogP contribution in [0.1, 0.15) is 315 Å². The average Bonchev–Trinajstić information content (AvgIpc) is 2.25. The molecule has 2 aliphatic rings. The van der Waals surface area contributed by atoms with Gasteiger partial charge in [0, 0.05) is 56.6 Å². The third kappa shape index (κ3) is 37.8. The van der Waals surface area contributed by atoms with E-state index in [1.54, 1.807) is 0 Å². The average molecular weight is 1190 g/mol. The van der Waals surface area contributed by atoms with Crippen LogP contribution in [0.25, 0.3) is 0 Å². The minimum atomic E-state index is -1.49. The quantitative estimate of drug-likeness (QED) is 0.0250. The van der Waals surface area contributed by atoms with E-state index < -0.39 is 29.0 Å². The Hall–Kier alpha value is -4.45. The Morgan fingerprint density at radius 2 is 0.800 bits per heavy atom. The van der Waals surface area contributed by atoms with Crippen LogP contribution in [0, 0.1) is 0 Å². The van der Waals surface area contributed by atoms with Gasteiger partial charge in [-0.1, -0.05) is 230 Å². The van der Waals surface area contributed by atoms with Crippen LogP contribution in [0.3, 0.4) is 0 Å². The molecule has 0 radical (unpaired) electrons. The van der Waals surface area contributed by atoms with Crippen LogP contribution in [0.2, 0.25) is 0 Å². The molecule has 1 aromatic rings. The van der Waals surface area contributed by atoms with E-state index in [1.165, 1.54) is 116 Å². The highest BCUT2D eigenvalue weighted by Crippen LogP contribution is 2.39. The summed E-state index contributed by atoms with van der Waals surface area (Å²) < 4.78 is 17.9. The number of para-hydroxylation sites is 1. The molecule has 3 N–H and O–H groups in total. The first-order valence-corrected chi connectivity index (χ1v) is 35.3. The Bertz CT molecular complexity index is 1840. The molecule has 1 spiro atoms. The van der Waals surface area contributed by atoms with E-state index in [0.29, 0.717) is 51.7 Å². The second kappa shape index (κ2) is 50.5. The van der Waals surface area contributed by atoms with E-state index in [4.69, 9.17) is 14.2 Å². The van der Waals surface area contributed by atoms with E-state index in [1.807, 2.05) is 18.2 Å². The molecule has 12 heteroatoms. The molecule has 0 aliphatic carbocycles. The molecule has 0 bridgehead atoms. The number of fused-ring (bicyclic) bond motifs is 2. The Kier molecular flexibility index (Phi) is 44.5. The number of nitrogens with zero attached hydrogens (tertiary/aromatic N) is 1. The molecule has 0 aromatic heterocycles. The number of hydrogen-bond donors (Lipinski definition) is 3. The summed E-state index contributed by atoms with van der Waals surface area (Å²) in [6, 6.07) is 7.70. The predicted molar refractivity (Wildman–Crippen MR) is 353 cm³/mol. The van der Waals surface area contributed by atoms with E-state index in [2.05, 4.69) is 84.1 Å². The van der Waals surface area contributed by atoms with Gasteiger partial charge in [-0.05, 0) is 115 Å². The summed E-state index contributed by atoms with van der Waals surface area (Å²) in [4.78, 5) is 69.6. The minimum Gasteiger partial charge on any atom is -0.463 e. The van der Waals surface area contributed by atoms with Gasteiger partial charge in [0.1, 0.15) is 25.4 Å². The number of piperidine rings is 1. The van der Waals surface area contributed by atoms with E-state index in [0.717, 1.165) is 127 Å². The molecular weight excluding hydrogens is 1060 g/mol. The van der Waals surface area contributed by atoms with Crippen LogP contribution in [0.15, 0.2) is 60.7 Å².